The summed E-state index contributed by atoms with van der Waals surface area (Å²) >= 11 is 0. The van der Waals surface area contributed by atoms with E-state index in [1.165, 1.54) is 0 Å². The summed E-state index contributed by atoms with van der Waals surface area (Å²) in [4.78, 5) is 12.2. The first-order valence-electron chi connectivity index (χ1n) is 7.20. The molecule has 0 aliphatic heterocycles. The summed E-state index contributed by atoms with van der Waals surface area (Å²) in [5, 5.41) is 2.91. The number of carbonyl (C=O) groups excluding carboxylic acids is 1. The van der Waals surface area contributed by atoms with Gasteiger partial charge >= 0.3 is 0 Å². The van der Waals surface area contributed by atoms with Crippen molar-refractivity contribution < 1.29 is 9.53 Å². The van der Waals surface area contributed by atoms with Crippen LogP contribution in [-0.4, -0.2) is 17.6 Å². The number of carbonyl (C=O) groups is 1. The zero-order valence-corrected chi connectivity index (χ0v) is 13.1. The van der Waals surface area contributed by atoms with Gasteiger partial charge < -0.3 is 15.8 Å². The van der Waals surface area contributed by atoms with Crippen molar-refractivity contribution in [2.45, 2.75) is 59.1 Å². The molecule has 0 fully saturated rings. The number of ether oxygens (including phenoxy) is 1. The maximum atomic E-state index is 12.2. The van der Waals surface area contributed by atoms with Gasteiger partial charge in [-0.3, -0.25) is 4.79 Å². The molecule has 0 saturated carbocycles. The van der Waals surface area contributed by atoms with Crippen molar-refractivity contribution in [3.8, 4) is 5.75 Å². The van der Waals surface area contributed by atoms with Crippen molar-refractivity contribution in [1.29, 1.82) is 0 Å². The molecule has 0 saturated heterocycles. The predicted molar refractivity (Wildman–Crippen MR) is 83.1 cm³/mol. The van der Waals surface area contributed by atoms with Gasteiger partial charge in [-0.2, -0.15) is 0 Å². The molecular formula is C16H26N2O2. The number of amides is 1. The fourth-order valence-corrected chi connectivity index (χ4v) is 1.94. The molecule has 1 aromatic rings. The van der Waals surface area contributed by atoms with Crippen molar-refractivity contribution >= 4 is 11.6 Å². The Kier molecular flexibility index (Phi) is 5.57. The van der Waals surface area contributed by atoms with E-state index in [0.717, 1.165) is 17.0 Å². The van der Waals surface area contributed by atoms with Crippen LogP contribution in [0.2, 0.25) is 0 Å². The van der Waals surface area contributed by atoms with E-state index >= 15 is 0 Å². The minimum absolute atomic E-state index is 0.131. The van der Waals surface area contributed by atoms with Crippen LogP contribution >= 0.6 is 0 Å². The molecule has 1 rings (SSSR count). The molecule has 0 heterocycles. The van der Waals surface area contributed by atoms with Crippen LogP contribution in [-0.2, 0) is 4.79 Å². The molecule has 0 atom stereocenters. The van der Waals surface area contributed by atoms with Gasteiger partial charge in [0.2, 0.25) is 5.91 Å². The molecule has 112 valence electrons. The van der Waals surface area contributed by atoms with E-state index in [4.69, 9.17) is 10.5 Å². The van der Waals surface area contributed by atoms with Crippen LogP contribution in [0.3, 0.4) is 0 Å². The topological polar surface area (TPSA) is 64.4 Å². The van der Waals surface area contributed by atoms with Crippen LogP contribution in [0.1, 0.15) is 46.1 Å². The number of anilines is 1. The molecule has 4 heteroatoms. The lowest BCUT2D eigenvalue weighted by molar-refractivity contribution is -0.121. The lowest BCUT2D eigenvalue weighted by Crippen LogP contribution is -2.50. The van der Waals surface area contributed by atoms with Gasteiger partial charge in [-0.25, -0.2) is 0 Å². The Labute approximate surface area is 121 Å². The molecule has 0 radical (unpaired) electrons. The van der Waals surface area contributed by atoms with E-state index in [2.05, 4.69) is 5.32 Å². The van der Waals surface area contributed by atoms with Gasteiger partial charge in [0.05, 0.1) is 11.6 Å². The van der Waals surface area contributed by atoms with Gasteiger partial charge in [0.25, 0.3) is 0 Å². The second-order valence-electron chi connectivity index (χ2n) is 5.46. The highest BCUT2D eigenvalue weighted by Gasteiger charge is 2.30. The van der Waals surface area contributed by atoms with E-state index < -0.39 is 5.54 Å². The SMILES string of the molecule is CCC(N)(CC)C(=O)Nc1ccc(OC(C)C)cc1C. The minimum Gasteiger partial charge on any atom is -0.491 e. The third-order valence-corrected chi connectivity index (χ3v) is 3.53. The van der Waals surface area contributed by atoms with E-state index in [-0.39, 0.29) is 12.0 Å². The monoisotopic (exact) mass is 278 g/mol. The van der Waals surface area contributed by atoms with E-state index in [1.807, 2.05) is 52.8 Å². The molecule has 0 bridgehead atoms. The number of hydrogen-bond acceptors (Lipinski definition) is 3. The summed E-state index contributed by atoms with van der Waals surface area (Å²) in [6.45, 7) is 9.76. The van der Waals surface area contributed by atoms with Crippen LogP contribution in [0.15, 0.2) is 18.2 Å². The van der Waals surface area contributed by atoms with Crippen LogP contribution in [0.5, 0.6) is 5.75 Å². The largest absolute Gasteiger partial charge is 0.491 e. The van der Waals surface area contributed by atoms with Crippen molar-refractivity contribution in [2.75, 3.05) is 5.32 Å². The first-order valence-corrected chi connectivity index (χ1v) is 7.20. The van der Waals surface area contributed by atoms with Crippen LogP contribution in [0, 0.1) is 6.92 Å². The highest BCUT2D eigenvalue weighted by molar-refractivity contribution is 5.98. The van der Waals surface area contributed by atoms with Gasteiger partial charge in [-0.15, -0.1) is 0 Å². The first kappa shape index (κ1) is 16.5. The number of nitrogens with one attached hydrogen (secondary N) is 1. The predicted octanol–water partition coefficient (Wildman–Crippen LogP) is 3.24. The highest BCUT2D eigenvalue weighted by Crippen LogP contribution is 2.23. The van der Waals surface area contributed by atoms with E-state index in [9.17, 15) is 4.79 Å². The molecule has 1 amide bonds. The molecular weight excluding hydrogens is 252 g/mol. The van der Waals surface area contributed by atoms with Crippen LogP contribution in [0.25, 0.3) is 0 Å². The Morgan fingerprint density at radius 2 is 1.95 bits per heavy atom. The van der Waals surface area contributed by atoms with Gasteiger partial charge in [0, 0.05) is 5.69 Å². The molecule has 20 heavy (non-hydrogen) atoms. The molecule has 0 spiro atoms. The summed E-state index contributed by atoms with van der Waals surface area (Å²) in [7, 11) is 0. The van der Waals surface area contributed by atoms with Crippen molar-refractivity contribution in [3.05, 3.63) is 23.8 Å². The number of nitrogens with two attached hydrogens (primary N) is 1. The average molecular weight is 278 g/mol. The Bertz CT molecular complexity index is 466. The zero-order chi connectivity index (χ0) is 15.3. The molecule has 3 N–H and O–H groups in total. The average Bonchev–Trinajstić information content (AvgIpc) is 2.40. The van der Waals surface area contributed by atoms with Gasteiger partial charge in [-0.1, -0.05) is 13.8 Å². The smallest absolute Gasteiger partial charge is 0.244 e. The first-order chi connectivity index (χ1) is 9.32. The summed E-state index contributed by atoms with van der Waals surface area (Å²) in [5.41, 5.74) is 7.04. The normalized spacial score (nSPS) is 11.6. The number of aryl methyl sites for hydroxylation is 1. The molecule has 1 aromatic carbocycles. The van der Waals surface area contributed by atoms with Crippen molar-refractivity contribution in [2.24, 2.45) is 5.73 Å². The van der Waals surface area contributed by atoms with E-state index in [0.29, 0.717) is 12.8 Å². The molecule has 0 unspecified atom stereocenters. The lowest BCUT2D eigenvalue weighted by Gasteiger charge is -2.25. The molecule has 0 aliphatic carbocycles. The Morgan fingerprint density at radius 1 is 1.35 bits per heavy atom. The van der Waals surface area contributed by atoms with Gasteiger partial charge in [0.15, 0.2) is 0 Å². The summed E-state index contributed by atoms with van der Waals surface area (Å²) in [5.74, 6) is 0.670. The highest BCUT2D eigenvalue weighted by atomic mass is 16.5. The van der Waals surface area contributed by atoms with Gasteiger partial charge in [-0.05, 0) is 57.4 Å². The summed E-state index contributed by atoms with van der Waals surface area (Å²) in [6, 6.07) is 5.64. The fraction of sp³-hybridized carbons (Fsp3) is 0.562. The molecule has 0 aliphatic rings. The maximum Gasteiger partial charge on any atom is 0.244 e. The number of rotatable bonds is 6. The quantitative estimate of drug-likeness (QED) is 0.839. The van der Waals surface area contributed by atoms with Crippen molar-refractivity contribution in [3.63, 3.8) is 0 Å². The molecule has 0 aromatic heterocycles. The second-order valence-corrected chi connectivity index (χ2v) is 5.46. The molecule has 4 nitrogen and oxygen atoms in total. The summed E-state index contributed by atoms with van der Waals surface area (Å²) < 4.78 is 5.63. The van der Waals surface area contributed by atoms with E-state index in [1.54, 1.807) is 0 Å². The minimum atomic E-state index is -0.806. The maximum absolute atomic E-state index is 12.2. The zero-order valence-electron chi connectivity index (χ0n) is 13.1. The fourth-order valence-electron chi connectivity index (χ4n) is 1.94. The third kappa shape index (κ3) is 3.97. The summed E-state index contributed by atoms with van der Waals surface area (Å²) in [6.07, 6.45) is 1.36. The Hall–Kier alpha value is -1.55. The number of hydrogen-bond donors (Lipinski definition) is 2. The van der Waals surface area contributed by atoms with Gasteiger partial charge in [0.1, 0.15) is 5.75 Å². The van der Waals surface area contributed by atoms with Crippen molar-refractivity contribution in [1.82, 2.24) is 0 Å². The second kappa shape index (κ2) is 6.75. The Balaban J connectivity index is 2.86. The lowest BCUT2D eigenvalue weighted by atomic mass is 9.93. The van der Waals surface area contributed by atoms with Crippen LogP contribution in [0.4, 0.5) is 5.69 Å². The number of benzene rings is 1. The van der Waals surface area contributed by atoms with Crippen LogP contribution < -0.4 is 15.8 Å². The standard InChI is InChI=1S/C16H26N2O2/c1-6-16(17,7-2)15(19)18-14-9-8-13(10-12(14)5)20-11(3)4/h8-11H,6-7,17H2,1-5H3,(H,18,19). The third-order valence-electron chi connectivity index (χ3n) is 3.53. The Morgan fingerprint density at radius 3 is 2.40 bits per heavy atom.